The van der Waals surface area contributed by atoms with Crippen LogP contribution in [0.4, 0.5) is 14.7 Å². The molecule has 2 aromatic rings. The molecule has 1 amide bonds. The number of hydrogen-bond acceptors (Lipinski definition) is 3. The van der Waals surface area contributed by atoms with E-state index >= 15 is 0 Å². The van der Waals surface area contributed by atoms with E-state index in [2.05, 4.69) is 15.4 Å². The quantitative estimate of drug-likeness (QED) is 0.943. The van der Waals surface area contributed by atoms with Crippen molar-refractivity contribution in [3.05, 3.63) is 41.2 Å². The van der Waals surface area contributed by atoms with Crippen molar-refractivity contribution in [2.45, 2.75) is 19.3 Å². The SMILES string of the molecule is Cc1nc(NC(=O)[C@@H]2C[C@@H]2c2ccc(F)c(F)c2)n(C)n1. The van der Waals surface area contributed by atoms with Crippen molar-refractivity contribution in [3.63, 3.8) is 0 Å². The molecule has 1 aliphatic rings. The topological polar surface area (TPSA) is 59.8 Å². The van der Waals surface area contributed by atoms with Gasteiger partial charge in [0.15, 0.2) is 11.6 Å². The van der Waals surface area contributed by atoms with Crippen LogP contribution >= 0.6 is 0 Å². The second-order valence-electron chi connectivity index (χ2n) is 5.22. The average Bonchev–Trinajstić information content (AvgIpc) is 3.15. The Bertz CT molecular complexity index is 713. The van der Waals surface area contributed by atoms with Gasteiger partial charge in [0.1, 0.15) is 5.82 Å². The minimum Gasteiger partial charge on any atom is -0.294 e. The molecule has 21 heavy (non-hydrogen) atoms. The fourth-order valence-corrected chi connectivity index (χ4v) is 2.42. The van der Waals surface area contributed by atoms with Gasteiger partial charge in [0.05, 0.1) is 0 Å². The number of carbonyl (C=O) groups is 1. The van der Waals surface area contributed by atoms with Gasteiger partial charge in [-0.3, -0.25) is 10.1 Å². The number of aryl methyl sites for hydroxylation is 2. The van der Waals surface area contributed by atoms with Gasteiger partial charge in [0, 0.05) is 13.0 Å². The fourth-order valence-electron chi connectivity index (χ4n) is 2.42. The van der Waals surface area contributed by atoms with E-state index in [1.54, 1.807) is 14.0 Å². The number of carbonyl (C=O) groups excluding carboxylic acids is 1. The van der Waals surface area contributed by atoms with Gasteiger partial charge in [0.25, 0.3) is 0 Å². The van der Waals surface area contributed by atoms with Crippen LogP contribution in [0.5, 0.6) is 0 Å². The summed E-state index contributed by atoms with van der Waals surface area (Å²) in [5, 5.41) is 6.74. The molecule has 2 atom stereocenters. The zero-order valence-electron chi connectivity index (χ0n) is 11.6. The highest BCUT2D eigenvalue weighted by Crippen LogP contribution is 2.48. The van der Waals surface area contributed by atoms with Crippen LogP contribution in [0.3, 0.4) is 0 Å². The molecule has 1 fully saturated rings. The summed E-state index contributed by atoms with van der Waals surface area (Å²) in [7, 11) is 1.69. The molecule has 1 saturated carbocycles. The predicted octanol–water partition coefficient (Wildman–Crippen LogP) is 2.14. The summed E-state index contributed by atoms with van der Waals surface area (Å²) in [5.41, 5.74) is 0.642. The molecular weight excluding hydrogens is 278 g/mol. The van der Waals surface area contributed by atoms with Crippen molar-refractivity contribution in [2.24, 2.45) is 13.0 Å². The van der Waals surface area contributed by atoms with Gasteiger partial charge in [-0.2, -0.15) is 10.1 Å². The monoisotopic (exact) mass is 292 g/mol. The molecule has 1 aromatic heterocycles. The van der Waals surface area contributed by atoms with Crippen LogP contribution in [-0.2, 0) is 11.8 Å². The number of hydrogen-bond donors (Lipinski definition) is 1. The van der Waals surface area contributed by atoms with Crippen LogP contribution in [0.15, 0.2) is 18.2 Å². The number of nitrogens with zero attached hydrogens (tertiary/aromatic N) is 3. The van der Waals surface area contributed by atoms with Gasteiger partial charge >= 0.3 is 0 Å². The van der Waals surface area contributed by atoms with Crippen LogP contribution in [0.2, 0.25) is 0 Å². The van der Waals surface area contributed by atoms with E-state index in [0.29, 0.717) is 23.8 Å². The van der Waals surface area contributed by atoms with Gasteiger partial charge < -0.3 is 0 Å². The lowest BCUT2D eigenvalue weighted by molar-refractivity contribution is -0.117. The van der Waals surface area contributed by atoms with E-state index in [4.69, 9.17) is 0 Å². The molecule has 110 valence electrons. The Labute approximate surface area is 120 Å². The smallest absolute Gasteiger partial charge is 0.230 e. The minimum atomic E-state index is -0.887. The highest BCUT2D eigenvalue weighted by atomic mass is 19.2. The number of amides is 1. The first-order valence-electron chi connectivity index (χ1n) is 6.59. The van der Waals surface area contributed by atoms with E-state index in [0.717, 1.165) is 12.1 Å². The molecule has 0 bridgehead atoms. The lowest BCUT2D eigenvalue weighted by Gasteiger charge is -2.04. The number of nitrogens with one attached hydrogen (secondary N) is 1. The first-order valence-corrected chi connectivity index (χ1v) is 6.59. The maximum Gasteiger partial charge on any atom is 0.230 e. The van der Waals surface area contributed by atoms with Gasteiger partial charge in [-0.05, 0) is 37.0 Å². The molecule has 0 saturated heterocycles. The molecule has 7 heteroatoms. The van der Waals surface area contributed by atoms with Crippen molar-refractivity contribution in [2.75, 3.05) is 5.32 Å². The Morgan fingerprint density at radius 3 is 2.76 bits per heavy atom. The lowest BCUT2D eigenvalue weighted by atomic mass is 10.1. The normalized spacial score (nSPS) is 20.4. The molecule has 1 heterocycles. The predicted molar refractivity (Wildman–Crippen MR) is 71.6 cm³/mol. The summed E-state index contributed by atoms with van der Waals surface area (Å²) < 4.78 is 27.6. The maximum absolute atomic E-state index is 13.2. The van der Waals surface area contributed by atoms with Crippen LogP contribution in [0.1, 0.15) is 23.7 Å². The van der Waals surface area contributed by atoms with Gasteiger partial charge in [0.2, 0.25) is 11.9 Å². The van der Waals surface area contributed by atoms with Crippen LogP contribution < -0.4 is 5.32 Å². The third-order valence-electron chi connectivity index (χ3n) is 3.60. The number of anilines is 1. The van der Waals surface area contributed by atoms with Crippen molar-refractivity contribution in [3.8, 4) is 0 Å². The molecule has 5 nitrogen and oxygen atoms in total. The lowest BCUT2D eigenvalue weighted by Crippen LogP contribution is -2.17. The molecular formula is C14H14F2N4O. The second kappa shape index (κ2) is 4.91. The maximum atomic E-state index is 13.2. The Kier molecular flexibility index (Phi) is 3.19. The molecule has 0 aliphatic heterocycles. The molecule has 0 radical (unpaired) electrons. The van der Waals surface area contributed by atoms with E-state index in [-0.39, 0.29) is 17.7 Å². The summed E-state index contributed by atoms with van der Waals surface area (Å²) in [6.07, 6.45) is 0.619. The van der Waals surface area contributed by atoms with Crippen molar-refractivity contribution >= 4 is 11.9 Å². The van der Waals surface area contributed by atoms with Crippen molar-refractivity contribution in [1.29, 1.82) is 0 Å². The zero-order chi connectivity index (χ0) is 15.1. The van der Waals surface area contributed by atoms with Crippen molar-refractivity contribution in [1.82, 2.24) is 14.8 Å². The van der Waals surface area contributed by atoms with Gasteiger partial charge in [-0.15, -0.1) is 0 Å². The van der Waals surface area contributed by atoms with Gasteiger partial charge in [-0.25, -0.2) is 13.5 Å². The number of rotatable bonds is 3. The fraction of sp³-hybridized carbons (Fsp3) is 0.357. The Balaban J connectivity index is 1.68. The van der Waals surface area contributed by atoms with E-state index in [1.165, 1.54) is 10.7 Å². The molecule has 0 spiro atoms. The van der Waals surface area contributed by atoms with Crippen LogP contribution in [-0.4, -0.2) is 20.7 Å². The molecule has 0 unspecified atom stereocenters. The molecule has 1 aliphatic carbocycles. The molecule has 1 N–H and O–H groups in total. The third-order valence-corrected chi connectivity index (χ3v) is 3.60. The first-order chi connectivity index (χ1) is 9.95. The van der Waals surface area contributed by atoms with E-state index < -0.39 is 11.6 Å². The first kappa shape index (κ1) is 13.7. The number of benzene rings is 1. The van der Waals surface area contributed by atoms with Gasteiger partial charge in [-0.1, -0.05) is 6.07 Å². The zero-order valence-corrected chi connectivity index (χ0v) is 11.6. The van der Waals surface area contributed by atoms with E-state index in [1.807, 2.05) is 0 Å². The van der Waals surface area contributed by atoms with E-state index in [9.17, 15) is 13.6 Å². The highest BCUT2D eigenvalue weighted by molar-refractivity contribution is 5.93. The average molecular weight is 292 g/mol. The standard InChI is InChI=1S/C14H14F2N4O/c1-7-17-14(20(2)19-7)18-13(21)10-6-9(10)8-3-4-11(15)12(16)5-8/h3-5,9-10H,6H2,1-2H3,(H,17,18,19,21)/t9-,10-/m1/s1. The summed E-state index contributed by atoms with van der Waals surface area (Å²) in [4.78, 5) is 16.2. The summed E-state index contributed by atoms with van der Waals surface area (Å²) in [6, 6.07) is 3.76. The molecule has 3 rings (SSSR count). The molecule has 1 aromatic carbocycles. The van der Waals surface area contributed by atoms with Crippen molar-refractivity contribution < 1.29 is 13.6 Å². The Morgan fingerprint density at radius 2 is 2.14 bits per heavy atom. The minimum absolute atomic E-state index is 0.0746. The summed E-state index contributed by atoms with van der Waals surface area (Å²) in [5.74, 6) is -1.31. The Hall–Kier alpha value is -2.31. The largest absolute Gasteiger partial charge is 0.294 e. The second-order valence-corrected chi connectivity index (χ2v) is 5.22. The highest BCUT2D eigenvalue weighted by Gasteiger charge is 2.44. The Morgan fingerprint density at radius 1 is 1.38 bits per heavy atom. The number of aromatic nitrogens is 3. The third kappa shape index (κ3) is 2.63. The summed E-state index contributed by atoms with van der Waals surface area (Å²) in [6.45, 7) is 1.73. The van der Waals surface area contributed by atoms with Crippen LogP contribution in [0.25, 0.3) is 0 Å². The van der Waals surface area contributed by atoms with Crippen LogP contribution in [0, 0.1) is 24.5 Å². The number of halogens is 2. The summed E-state index contributed by atoms with van der Waals surface area (Å²) >= 11 is 0.